The molecule has 0 aliphatic heterocycles. The number of amides is 1. The van der Waals surface area contributed by atoms with Crippen molar-refractivity contribution in [2.45, 2.75) is 64.2 Å². The standard InChI is InChI=1S/C28H33F2N3O4S/c1-4-5-13-37-16-17-9-11-18(12-10-17)26-33-22-14-19(27(35)36-3)21(15-23(22)38-26)32-25(34)20-7-6-8-24(31-20)28(2,29)30/h6-8,14-15,17-18H,4-5,9-13,16H2,1-3H3,(H,32,34). The second kappa shape index (κ2) is 12.3. The topological polar surface area (TPSA) is 90.4 Å². The predicted octanol–water partition coefficient (Wildman–Crippen LogP) is 6.93. The van der Waals surface area contributed by atoms with Gasteiger partial charge in [-0.15, -0.1) is 11.3 Å². The van der Waals surface area contributed by atoms with Gasteiger partial charge in [0.05, 0.1) is 33.6 Å². The Morgan fingerprint density at radius 1 is 1.16 bits per heavy atom. The molecule has 2 heterocycles. The molecule has 7 nitrogen and oxygen atoms in total. The van der Waals surface area contributed by atoms with E-state index in [9.17, 15) is 18.4 Å². The molecule has 4 rings (SSSR count). The normalized spacial score (nSPS) is 17.9. The van der Waals surface area contributed by atoms with Crippen molar-refractivity contribution in [1.29, 1.82) is 0 Å². The van der Waals surface area contributed by atoms with E-state index in [0.29, 0.717) is 17.4 Å². The summed E-state index contributed by atoms with van der Waals surface area (Å²) in [7, 11) is 1.25. The number of unbranched alkanes of at least 4 members (excludes halogenated alkanes) is 1. The summed E-state index contributed by atoms with van der Waals surface area (Å²) in [5.74, 6) is -3.62. The molecule has 1 aliphatic rings. The Labute approximate surface area is 225 Å². The molecule has 1 saturated carbocycles. The number of hydrogen-bond acceptors (Lipinski definition) is 7. The zero-order chi connectivity index (χ0) is 27.3. The molecule has 0 unspecified atom stereocenters. The monoisotopic (exact) mass is 545 g/mol. The fourth-order valence-electron chi connectivity index (χ4n) is 4.61. The Kier molecular flexibility index (Phi) is 9.04. The molecule has 2 aromatic heterocycles. The maximum Gasteiger partial charge on any atom is 0.340 e. The molecule has 1 amide bonds. The first-order valence-corrected chi connectivity index (χ1v) is 13.8. The van der Waals surface area contributed by atoms with E-state index < -0.39 is 23.5 Å². The lowest BCUT2D eigenvalue weighted by molar-refractivity contribution is 0.0126. The highest BCUT2D eigenvalue weighted by Crippen LogP contribution is 2.40. The Morgan fingerprint density at radius 2 is 1.92 bits per heavy atom. The van der Waals surface area contributed by atoms with E-state index in [2.05, 4.69) is 17.2 Å². The van der Waals surface area contributed by atoms with E-state index in [1.54, 1.807) is 12.1 Å². The van der Waals surface area contributed by atoms with Crippen LogP contribution in [-0.2, 0) is 15.4 Å². The number of methoxy groups -OCH3 is 1. The number of benzene rings is 1. The summed E-state index contributed by atoms with van der Waals surface area (Å²) in [6.07, 6.45) is 6.46. The van der Waals surface area contributed by atoms with Crippen LogP contribution in [0.4, 0.5) is 14.5 Å². The minimum Gasteiger partial charge on any atom is -0.465 e. The minimum atomic E-state index is -3.19. The second-order valence-electron chi connectivity index (χ2n) is 9.81. The van der Waals surface area contributed by atoms with Crippen LogP contribution in [0, 0.1) is 5.92 Å². The van der Waals surface area contributed by atoms with Gasteiger partial charge in [-0.2, -0.15) is 8.78 Å². The van der Waals surface area contributed by atoms with Gasteiger partial charge < -0.3 is 14.8 Å². The number of pyridine rings is 1. The largest absolute Gasteiger partial charge is 0.465 e. The lowest BCUT2D eigenvalue weighted by Gasteiger charge is -2.27. The number of hydrogen-bond donors (Lipinski definition) is 1. The van der Waals surface area contributed by atoms with Gasteiger partial charge in [0.25, 0.3) is 11.8 Å². The summed E-state index contributed by atoms with van der Waals surface area (Å²) >= 11 is 1.54. The summed E-state index contributed by atoms with van der Waals surface area (Å²) in [5.41, 5.74) is 0.311. The van der Waals surface area contributed by atoms with Crippen molar-refractivity contribution in [3.8, 4) is 0 Å². The third-order valence-corrected chi connectivity index (χ3v) is 8.00. The molecule has 1 aliphatic carbocycles. The maximum atomic E-state index is 13.7. The van der Waals surface area contributed by atoms with E-state index in [4.69, 9.17) is 14.5 Å². The van der Waals surface area contributed by atoms with Gasteiger partial charge in [0.2, 0.25) is 0 Å². The molecule has 1 aromatic carbocycles. The third kappa shape index (κ3) is 6.71. The quantitative estimate of drug-likeness (QED) is 0.219. The molecule has 3 aromatic rings. The number of aromatic nitrogens is 2. The zero-order valence-corrected chi connectivity index (χ0v) is 22.7. The van der Waals surface area contributed by atoms with Gasteiger partial charge in [-0.1, -0.05) is 19.4 Å². The smallest absolute Gasteiger partial charge is 0.340 e. The van der Waals surface area contributed by atoms with Crippen LogP contribution in [-0.4, -0.2) is 42.2 Å². The van der Waals surface area contributed by atoms with E-state index in [-0.39, 0.29) is 16.9 Å². The number of fused-ring (bicyclic) bond motifs is 1. The molecule has 0 spiro atoms. The summed E-state index contributed by atoms with van der Waals surface area (Å²) in [4.78, 5) is 34.0. The van der Waals surface area contributed by atoms with Crippen molar-refractivity contribution in [2.24, 2.45) is 5.92 Å². The molecule has 38 heavy (non-hydrogen) atoms. The highest BCUT2D eigenvalue weighted by Gasteiger charge is 2.28. The predicted molar refractivity (Wildman–Crippen MR) is 143 cm³/mol. The van der Waals surface area contributed by atoms with Gasteiger partial charge in [0, 0.05) is 26.1 Å². The van der Waals surface area contributed by atoms with Gasteiger partial charge >= 0.3 is 5.97 Å². The number of esters is 1. The fraction of sp³-hybridized carbons (Fsp3) is 0.500. The van der Waals surface area contributed by atoms with Crippen LogP contribution < -0.4 is 5.32 Å². The number of nitrogens with one attached hydrogen (secondary N) is 1. The number of alkyl halides is 2. The highest BCUT2D eigenvalue weighted by molar-refractivity contribution is 7.18. The SMILES string of the molecule is CCCCOCC1CCC(c2nc3cc(C(=O)OC)c(NC(=O)c4cccc(C(C)(F)F)n4)cc3s2)CC1. The van der Waals surface area contributed by atoms with Gasteiger partial charge in [-0.05, 0) is 62.3 Å². The number of halogens is 2. The number of carbonyl (C=O) groups excluding carboxylic acids is 2. The maximum absolute atomic E-state index is 13.7. The van der Waals surface area contributed by atoms with Gasteiger partial charge in [0.1, 0.15) is 11.4 Å². The van der Waals surface area contributed by atoms with Crippen LogP contribution in [0.5, 0.6) is 0 Å². The van der Waals surface area contributed by atoms with Crippen LogP contribution in [0.3, 0.4) is 0 Å². The van der Waals surface area contributed by atoms with Crippen molar-refractivity contribution < 1.29 is 27.8 Å². The van der Waals surface area contributed by atoms with Crippen LogP contribution in [0.2, 0.25) is 0 Å². The number of ether oxygens (including phenoxy) is 2. The van der Waals surface area contributed by atoms with Crippen LogP contribution in [0.15, 0.2) is 30.3 Å². The first-order chi connectivity index (χ1) is 18.2. The molecular weight excluding hydrogens is 512 g/mol. The Balaban J connectivity index is 1.52. The summed E-state index contributed by atoms with van der Waals surface area (Å²) in [6, 6.07) is 7.15. The van der Waals surface area contributed by atoms with E-state index >= 15 is 0 Å². The number of nitrogens with zero attached hydrogens (tertiary/aromatic N) is 2. The Hall–Kier alpha value is -2.98. The lowest BCUT2D eigenvalue weighted by Crippen LogP contribution is -2.19. The molecular formula is C28H33F2N3O4S. The molecule has 1 fully saturated rings. The Bertz CT molecular complexity index is 1280. The minimum absolute atomic E-state index is 0.134. The van der Waals surface area contributed by atoms with E-state index in [0.717, 1.165) is 74.4 Å². The number of anilines is 1. The molecule has 0 saturated heterocycles. The van der Waals surface area contributed by atoms with Gasteiger partial charge in [-0.3, -0.25) is 4.79 Å². The van der Waals surface area contributed by atoms with Crippen molar-refractivity contribution in [1.82, 2.24) is 9.97 Å². The Morgan fingerprint density at radius 3 is 2.61 bits per heavy atom. The van der Waals surface area contributed by atoms with Crippen LogP contribution in [0.25, 0.3) is 10.2 Å². The average Bonchev–Trinajstić information content (AvgIpc) is 3.33. The number of thiazole rings is 1. The van der Waals surface area contributed by atoms with Gasteiger partial charge in [0.15, 0.2) is 0 Å². The molecule has 204 valence electrons. The van der Waals surface area contributed by atoms with Crippen LogP contribution in [0.1, 0.15) is 89.8 Å². The molecule has 0 atom stereocenters. The van der Waals surface area contributed by atoms with Crippen molar-refractivity contribution in [3.63, 3.8) is 0 Å². The van der Waals surface area contributed by atoms with Gasteiger partial charge in [-0.25, -0.2) is 14.8 Å². The van der Waals surface area contributed by atoms with E-state index in [1.807, 2.05) is 0 Å². The third-order valence-electron chi connectivity index (χ3n) is 6.82. The second-order valence-corrected chi connectivity index (χ2v) is 10.9. The molecule has 0 radical (unpaired) electrons. The molecule has 0 bridgehead atoms. The van der Waals surface area contributed by atoms with Crippen molar-refractivity contribution in [2.75, 3.05) is 25.6 Å². The van der Waals surface area contributed by atoms with Crippen molar-refractivity contribution in [3.05, 3.63) is 52.3 Å². The lowest BCUT2D eigenvalue weighted by atomic mass is 9.83. The molecule has 1 N–H and O–H groups in total. The van der Waals surface area contributed by atoms with Crippen LogP contribution >= 0.6 is 11.3 Å². The fourth-order valence-corrected chi connectivity index (χ4v) is 5.77. The first kappa shape index (κ1) is 28.0. The summed E-state index contributed by atoms with van der Waals surface area (Å²) in [6.45, 7) is 4.51. The van der Waals surface area contributed by atoms with E-state index in [1.165, 1.54) is 30.6 Å². The summed E-state index contributed by atoms with van der Waals surface area (Å²) < 4.78 is 39.0. The highest BCUT2D eigenvalue weighted by atomic mass is 32.1. The number of carbonyl (C=O) groups is 2. The summed E-state index contributed by atoms with van der Waals surface area (Å²) in [5, 5.41) is 3.66. The number of rotatable bonds is 10. The molecule has 10 heteroatoms. The van der Waals surface area contributed by atoms with Crippen molar-refractivity contribution >= 4 is 39.1 Å². The average molecular weight is 546 g/mol. The first-order valence-electron chi connectivity index (χ1n) is 13.0. The zero-order valence-electron chi connectivity index (χ0n) is 21.9.